The molecule has 0 saturated carbocycles. The number of nitrogens with zero attached hydrogens (tertiary/aromatic N) is 3. The van der Waals surface area contributed by atoms with Gasteiger partial charge in [-0.2, -0.15) is 5.10 Å². The molecule has 0 atom stereocenters. The molecule has 8 nitrogen and oxygen atoms in total. The summed E-state index contributed by atoms with van der Waals surface area (Å²) >= 11 is 0. The molecule has 0 bridgehead atoms. The lowest BCUT2D eigenvalue weighted by molar-refractivity contribution is -0.384. The number of hydrogen-bond donors (Lipinski definition) is 1. The van der Waals surface area contributed by atoms with Gasteiger partial charge < -0.3 is 9.30 Å². The standard InChI is InChI=1S/C22H22N4O4/c1-4-30-22(27)17-6-5-7-21(13-17)25-15(2)12-18(16(25)3)14-23-24-19-8-10-20(11-9-19)26(28)29/h5-14,24H,4H2,1-3H3/b23-14+. The number of aryl methyl sites for hydroxylation is 1. The van der Waals surface area contributed by atoms with Gasteiger partial charge in [-0.3, -0.25) is 15.5 Å². The largest absolute Gasteiger partial charge is 0.462 e. The Morgan fingerprint density at radius 2 is 1.93 bits per heavy atom. The van der Waals surface area contributed by atoms with E-state index < -0.39 is 4.92 Å². The number of esters is 1. The molecular formula is C22H22N4O4. The van der Waals surface area contributed by atoms with Crippen molar-refractivity contribution in [2.75, 3.05) is 12.0 Å². The van der Waals surface area contributed by atoms with E-state index >= 15 is 0 Å². The van der Waals surface area contributed by atoms with E-state index in [-0.39, 0.29) is 11.7 Å². The lowest BCUT2D eigenvalue weighted by Gasteiger charge is -2.11. The SMILES string of the molecule is CCOC(=O)c1cccc(-n2c(C)cc(/C=N/Nc3ccc([N+](=O)[O-])cc3)c2C)c1. The molecule has 1 N–H and O–H groups in total. The first-order valence-electron chi connectivity index (χ1n) is 9.40. The third-order valence-electron chi connectivity index (χ3n) is 4.56. The number of non-ortho nitro benzene ring substituents is 1. The van der Waals surface area contributed by atoms with E-state index in [9.17, 15) is 14.9 Å². The molecule has 0 saturated heterocycles. The van der Waals surface area contributed by atoms with Gasteiger partial charge in [0, 0.05) is 34.8 Å². The second kappa shape index (κ2) is 9.04. The number of nitro groups is 1. The van der Waals surface area contributed by atoms with Gasteiger partial charge >= 0.3 is 5.97 Å². The number of hydrazone groups is 1. The summed E-state index contributed by atoms with van der Waals surface area (Å²) in [4.78, 5) is 22.3. The van der Waals surface area contributed by atoms with Crippen molar-refractivity contribution in [2.45, 2.75) is 20.8 Å². The van der Waals surface area contributed by atoms with Gasteiger partial charge in [0.15, 0.2) is 0 Å². The second-order valence-corrected chi connectivity index (χ2v) is 6.61. The molecule has 2 aromatic carbocycles. The molecule has 3 aromatic rings. The predicted molar refractivity (Wildman–Crippen MR) is 116 cm³/mol. The Morgan fingerprint density at radius 3 is 2.60 bits per heavy atom. The fraction of sp³-hybridized carbons (Fsp3) is 0.182. The van der Waals surface area contributed by atoms with Crippen molar-refractivity contribution in [3.05, 3.63) is 87.2 Å². The maximum absolute atomic E-state index is 12.0. The summed E-state index contributed by atoms with van der Waals surface area (Å²) in [5.74, 6) is -0.351. The minimum absolute atomic E-state index is 0.0260. The summed E-state index contributed by atoms with van der Waals surface area (Å²) in [7, 11) is 0. The van der Waals surface area contributed by atoms with Crippen LogP contribution in [-0.2, 0) is 4.74 Å². The van der Waals surface area contributed by atoms with Gasteiger partial charge in [-0.05, 0) is 57.2 Å². The average molecular weight is 406 g/mol. The van der Waals surface area contributed by atoms with Crippen LogP contribution in [0.15, 0.2) is 59.7 Å². The average Bonchev–Trinajstić information content (AvgIpc) is 3.02. The molecule has 1 aromatic heterocycles. The smallest absolute Gasteiger partial charge is 0.338 e. The van der Waals surface area contributed by atoms with Crippen molar-refractivity contribution in [1.29, 1.82) is 0 Å². The minimum atomic E-state index is -0.446. The van der Waals surface area contributed by atoms with E-state index in [1.165, 1.54) is 12.1 Å². The van der Waals surface area contributed by atoms with E-state index in [0.29, 0.717) is 17.9 Å². The second-order valence-electron chi connectivity index (χ2n) is 6.61. The number of aromatic nitrogens is 1. The molecule has 0 spiro atoms. The lowest BCUT2D eigenvalue weighted by atomic mass is 10.2. The molecule has 0 amide bonds. The van der Waals surface area contributed by atoms with Crippen LogP contribution in [0.25, 0.3) is 5.69 Å². The van der Waals surface area contributed by atoms with Crippen molar-refractivity contribution in [3.63, 3.8) is 0 Å². The molecule has 0 fully saturated rings. The third kappa shape index (κ3) is 4.54. The molecule has 154 valence electrons. The van der Waals surface area contributed by atoms with Gasteiger partial charge in [0.25, 0.3) is 5.69 Å². The van der Waals surface area contributed by atoms with Crippen LogP contribution in [0, 0.1) is 24.0 Å². The zero-order valence-electron chi connectivity index (χ0n) is 17.0. The van der Waals surface area contributed by atoms with Crippen LogP contribution in [0.5, 0.6) is 0 Å². The number of benzene rings is 2. The molecule has 0 aliphatic rings. The van der Waals surface area contributed by atoms with Crippen molar-refractivity contribution in [1.82, 2.24) is 4.57 Å². The lowest BCUT2D eigenvalue weighted by Crippen LogP contribution is -2.06. The highest BCUT2D eigenvalue weighted by molar-refractivity contribution is 5.90. The van der Waals surface area contributed by atoms with Gasteiger partial charge in [-0.1, -0.05) is 6.07 Å². The molecule has 0 aliphatic carbocycles. The van der Waals surface area contributed by atoms with Gasteiger partial charge in [0.05, 0.1) is 29.0 Å². The number of rotatable bonds is 7. The van der Waals surface area contributed by atoms with Crippen molar-refractivity contribution >= 4 is 23.6 Å². The topological polar surface area (TPSA) is 98.8 Å². The van der Waals surface area contributed by atoms with Crippen LogP contribution in [-0.4, -0.2) is 28.3 Å². The minimum Gasteiger partial charge on any atom is -0.462 e. The highest BCUT2D eigenvalue weighted by Gasteiger charge is 2.12. The van der Waals surface area contributed by atoms with E-state index in [1.807, 2.05) is 36.6 Å². The summed E-state index contributed by atoms with van der Waals surface area (Å²) in [5.41, 5.74) is 7.76. The van der Waals surface area contributed by atoms with E-state index in [0.717, 1.165) is 22.6 Å². The van der Waals surface area contributed by atoms with Crippen molar-refractivity contribution < 1.29 is 14.5 Å². The van der Waals surface area contributed by atoms with E-state index in [1.54, 1.807) is 37.4 Å². The Morgan fingerprint density at radius 1 is 1.20 bits per heavy atom. The van der Waals surface area contributed by atoms with E-state index in [4.69, 9.17) is 4.74 Å². The molecule has 0 radical (unpaired) electrons. The van der Waals surface area contributed by atoms with Crippen LogP contribution < -0.4 is 5.43 Å². The number of hydrogen-bond acceptors (Lipinski definition) is 6. The fourth-order valence-corrected chi connectivity index (χ4v) is 3.14. The highest BCUT2D eigenvalue weighted by atomic mass is 16.6. The first-order chi connectivity index (χ1) is 14.4. The summed E-state index contributed by atoms with van der Waals surface area (Å²) < 4.78 is 7.12. The zero-order valence-corrected chi connectivity index (χ0v) is 17.0. The van der Waals surface area contributed by atoms with Crippen LogP contribution in [0.3, 0.4) is 0 Å². The van der Waals surface area contributed by atoms with Crippen molar-refractivity contribution in [3.8, 4) is 5.69 Å². The van der Waals surface area contributed by atoms with Crippen LogP contribution in [0.2, 0.25) is 0 Å². The Hall–Kier alpha value is -3.94. The summed E-state index contributed by atoms with van der Waals surface area (Å²) in [5, 5.41) is 15.0. The molecule has 30 heavy (non-hydrogen) atoms. The Bertz CT molecular complexity index is 1100. The number of anilines is 1. The molecule has 3 rings (SSSR count). The number of carbonyl (C=O) groups excluding carboxylic acids is 1. The first-order valence-corrected chi connectivity index (χ1v) is 9.40. The van der Waals surface area contributed by atoms with Gasteiger partial charge in [-0.15, -0.1) is 0 Å². The van der Waals surface area contributed by atoms with Gasteiger partial charge in [-0.25, -0.2) is 4.79 Å². The maximum atomic E-state index is 12.0. The van der Waals surface area contributed by atoms with E-state index in [2.05, 4.69) is 10.5 Å². The Labute approximate surface area is 173 Å². The monoisotopic (exact) mass is 406 g/mol. The Balaban J connectivity index is 1.80. The van der Waals surface area contributed by atoms with Crippen molar-refractivity contribution in [2.24, 2.45) is 5.10 Å². The van der Waals surface area contributed by atoms with Crippen LogP contribution in [0.1, 0.15) is 34.2 Å². The third-order valence-corrected chi connectivity index (χ3v) is 4.56. The predicted octanol–water partition coefficient (Wildman–Crippen LogP) is 4.63. The Kier molecular flexibility index (Phi) is 6.26. The van der Waals surface area contributed by atoms with Gasteiger partial charge in [0.2, 0.25) is 0 Å². The maximum Gasteiger partial charge on any atom is 0.338 e. The molecular weight excluding hydrogens is 384 g/mol. The molecule has 8 heteroatoms. The molecule has 0 aliphatic heterocycles. The molecule has 1 heterocycles. The summed E-state index contributed by atoms with van der Waals surface area (Å²) in [6.45, 7) is 6.05. The van der Waals surface area contributed by atoms with Crippen LogP contribution in [0.4, 0.5) is 11.4 Å². The fourth-order valence-electron chi connectivity index (χ4n) is 3.14. The first kappa shape index (κ1) is 20.8. The summed E-state index contributed by atoms with van der Waals surface area (Å²) in [6.07, 6.45) is 1.69. The number of nitrogens with one attached hydrogen (secondary N) is 1. The zero-order chi connectivity index (χ0) is 21.7. The van der Waals surface area contributed by atoms with Gasteiger partial charge in [0.1, 0.15) is 0 Å². The number of nitro benzene ring substituents is 1. The number of carbonyl (C=O) groups is 1. The quantitative estimate of drug-likeness (QED) is 0.267. The highest BCUT2D eigenvalue weighted by Crippen LogP contribution is 2.21. The molecule has 0 unspecified atom stereocenters. The van der Waals surface area contributed by atoms with Crippen LogP contribution >= 0.6 is 0 Å². The normalized spacial score (nSPS) is 10.9. The summed E-state index contributed by atoms with van der Waals surface area (Å²) in [6, 6.07) is 15.3. The number of ether oxygens (including phenoxy) is 1.